The number of rotatable bonds is 4. The Bertz CT molecular complexity index is 745. The molecule has 0 saturated heterocycles. The second-order valence-corrected chi connectivity index (χ2v) is 6.98. The molecule has 0 aliphatic rings. The average Bonchev–Trinajstić information content (AvgIpc) is 2.46. The largest absolute Gasteiger partial charge is 0.282 e. The zero-order valence-electron chi connectivity index (χ0n) is 12.4. The number of hydrogen-bond acceptors (Lipinski definition) is 2. The zero-order chi connectivity index (χ0) is 15.5. The number of nitrogens with zero attached hydrogens (tertiary/aromatic N) is 1. The van der Waals surface area contributed by atoms with Gasteiger partial charge in [0.1, 0.15) is 0 Å². The van der Waals surface area contributed by atoms with Gasteiger partial charge < -0.3 is 0 Å². The quantitative estimate of drug-likeness (QED) is 0.803. The molecule has 0 radical (unpaired) electrons. The van der Waals surface area contributed by atoms with E-state index in [0.29, 0.717) is 5.92 Å². The van der Waals surface area contributed by atoms with Gasteiger partial charge in [-0.25, -0.2) is 0 Å². The Morgan fingerprint density at radius 1 is 1.05 bits per heavy atom. The summed E-state index contributed by atoms with van der Waals surface area (Å²) in [6.45, 7) is 6.11. The topological polar surface area (TPSA) is 46.5 Å². The first-order valence-electron chi connectivity index (χ1n) is 6.85. The van der Waals surface area contributed by atoms with Crippen LogP contribution in [0.5, 0.6) is 0 Å². The Labute approximate surface area is 126 Å². The maximum atomic E-state index is 12.1. The fraction of sp³-hybridized carbons (Fsp3) is 0.235. The number of aryl methyl sites for hydroxylation is 1. The van der Waals surface area contributed by atoms with Gasteiger partial charge >= 0.3 is 0 Å². The molecular formula is C17H19NO2S. The highest BCUT2D eigenvalue weighted by molar-refractivity contribution is 7.90. The molecule has 0 aliphatic heterocycles. The highest BCUT2D eigenvalue weighted by atomic mass is 32.2. The monoisotopic (exact) mass is 301 g/mol. The maximum absolute atomic E-state index is 12.1. The first-order chi connectivity index (χ1) is 9.88. The Morgan fingerprint density at radius 2 is 1.71 bits per heavy atom. The first kappa shape index (κ1) is 15.4. The lowest BCUT2D eigenvalue weighted by Crippen LogP contribution is -1.98. The van der Waals surface area contributed by atoms with Crippen molar-refractivity contribution in [2.24, 2.45) is 4.40 Å². The third-order valence-corrected chi connectivity index (χ3v) is 4.49. The molecule has 2 aromatic rings. The zero-order valence-corrected chi connectivity index (χ0v) is 13.3. The Hall–Kier alpha value is -1.94. The van der Waals surface area contributed by atoms with Gasteiger partial charge in [0.2, 0.25) is 0 Å². The Morgan fingerprint density at radius 3 is 2.33 bits per heavy atom. The number of sulfonamides is 1. The average molecular weight is 301 g/mol. The van der Waals surface area contributed by atoms with E-state index < -0.39 is 10.0 Å². The van der Waals surface area contributed by atoms with Crippen molar-refractivity contribution >= 4 is 16.2 Å². The minimum Gasteiger partial charge on any atom is -0.199 e. The van der Waals surface area contributed by atoms with Crippen molar-refractivity contribution in [1.82, 2.24) is 0 Å². The van der Waals surface area contributed by atoms with Crippen molar-refractivity contribution < 1.29 is 8.42 Å². The number of benzene rings is 2. The summed E-state index contributed by atoms with van der Waals surface area (Å²) in [5.41, 5.74) is 2.96. The van der Waals surface area contributed by atoms with Crippen LogP contribution >= 0.6 is 0 Å². The van der Waals surface area contributed by atoms with E-state index in [9.17, 15) is 8.42 Å². The van der Waals surface area contributed by atoms with Crippen LogP contribution in [-0.4, -0.2) is 14.6 Å². The van der Waals surface area contributed by atoms with Gasteiger partial charge in [0, 0.05) is 6.21 Å². The van der Waals surface area contributed by atoms with Crippen molar-refractivity contribution in [2.45, 2.75) is 31.6 Å². The van der Waals surface area contributed by atoms with Crippen LogP contribution in [0.2, 0.25) is 0 Å². The Kier molecular flexibility index (Phi) is 4.58. The van der Waals surface area contributed by atoms with Gasteiger partial charge in [-0.1, -0.05) is 49.7 Å². The standard InChI is InChI=1S/C17H19NO2S/c1-13(2)16-6-4-5-15(11-16)12-18-21(19,20)17-9-7-14(3)8-10-17/h4-13H,1-3H3/b18-12+. The molecule has 0 spiro atoms. The summed E-state index contributed by atoms with van der Waals surface area (Å²) in [6, 6.07) is 14.4. The highest BCUT2D eigenvalue weighted by Crippen LogP contribution is 2.16. The van der Waals surface area contributed by atoms with Gasteiger partial charge in [0.05, 0.1) is 4.90 Å². The van der Waals surface area contributed by atoms with E-state index in [-0.39, 0.29) is 4.90 Å². The van der Waals surface area contributed by atoms with Crippen LogP contribution in [0.25, 0.3) is 0 Å². The predicted molar refractivity (Wildman–Crippen MR) is 86.5 cm³/mol. The summed E-state index contributed by atoms with van der Waals surface area (Å²) in [6.07, 6.45) is 1.40. The molecule has 0 bridgehead atoms. The first-order valence-corrected chi connectivity index (χ1v) is 8.29. The van der Waals surface area contributed by atoms with Gasteiger partial charge in [0.15, 0.2) is 0 Å². The summed E-state index contributed by atoms with van der Waals surface area (Å²) in [4.78, 5) is 0.212. The molecule has 3 nitrogen and oxygen atoms in total. The van der Waals surface area contributed by atoms with Crippen molar-refractivity contribution in [1.29, 1.82) is 0 Å². The lowest BCUT2D eigenvalue weighted by Gasteiger charge is -2.05. The molecule has 0 unspecified atom stereocenters. The highest BCUT2D eigenvalue weighted by Gasteiger charge is 2.10. The third-order valence-electron chi connectivity index (χ3n) is 3.24. The lowest BCUT2D eigenvalue weighted by molar-refractivity contribution is 0.598. The summed E-state index contributed by atoms with van der Waals surface area (Å²) >= 11 is 0. The summed E-state index contributed by atoms with van der Waals surface area (Å²) in [5.74, 6) is 0.395. The van der Waals surface area contributed by atoms with Crippen LogP contribution < -0.4 is 0 Å². The minimum atomic E-state index is -3.64. The predicted octanol–water partition coefficient (Wildman–Crippen LogP) is 3.93. The maximum Gasteiger partial charge on any atom is 0.282 e. The van der Waals surface area contributed by atoms with Gasteiger partial charge in [-0.05, 0) is 42.2 Å². The molecule has 0 saturated carbocycles. The molecule has 2 rings (SSSR count). The Balaban J connectivity index is 2.27. The molecule has 0 aliphatic carbocycles. The molecular weight excluding hydrogens is 282 g/mol. The molecule has 4 heteroatoms. The third kappa shape index (κ3) is 4.02. The van der Waals surface area contributed by atoms with E-state index in [0.717, 1.165) is 16.7 Å². The van der Waals surface area contributed by atoms with E-state index in [1.807, 2.05) is 31.2 Å². The van der Waals surface area contributed by atoms with Crippen LogP contribution in [0.4, 0.5) is 0 Å². The summed E-state index contributed by atoms with van der Waals surface area (Å²) < 4.78 is 28.0. The minimum absolute atomic E-state index is 0.212. The van der Waals surface area contributed by atoms with Crippen LogP contribution in [0.15, 0.2) is 57.8 Å². The van der Waals surface area contributed by atoms with E-state index >= 15 is 0 Å². The van der Waals surface area contributed by atoms with Gasteiger partial charge in [-0.15, -0.1) is 0 Å². The molecule has 110 valence electrons. The van der Waals surface area contributed by atoms with E-state index in [1.165, 1.54) is 6.21 Å². The molecule has 0 aromatic heterocycles. The lowest BCUT2D eigenvalue weighted by atomic mass is 10.0. The molecule has 2 aromatic carbocycles. The van der Waals surface area contributed by atoms with Crippen LogP contribution in [0, 0.1) is 6.92 Å². The van der Waals surface area contributed by atoms with Crippen LogP contribution in [-0.2, 0) is 10.0 Å². The van der Waals surface area contributed by atoms with Gasteiger partial charge in [-0.3, -0.25) is 0 Å². The van der Waals surface area contributed by atoms with Crippen molar-refractivity contribution in [3.8, 4) is 0 Å². The van der Waals surface area contributed by atoms with E-state index in [4.69, 9.17) is 0 Å². The van der Waals surface area contributed by atoms with Crippen molar-refractivity contribution in [3.05, 3.63) is 65.2 Å². The molecule has 0 fully saturated rings. The van der Waals surface area contributed by atoms with Crippen molar-refractivity contribution in [2.75, 3.05) is 0 Å². The summed E-state index contributed by atoms with van der Waals surface area (Å²) in [7, 11) is -3.64. The summed E-state index contributed by atoms with van der Waals surface area (Å²) in [5, 5.41) is 0. The second kappa shape index (κ2) is 6.22. The smallest absolute Gasteiger partial charge is 0.199 e. The van der Waals surface area contributed by atoms with Crippen molar-refractivity contribution in [3.63, 3.8) is 0 Å². The van der Waals surface area contributed by atoms with Crippen LogP contribution in [0.1, 0.15) is 36.5 Å². The molecule has 21 heavy (non-hydrogen) atoms. The van der Waals surface area contributed by atoms with Gasteiger partial charge in [-0.2, -0.15) is 12.8 Å². The molecule has 0 amide bonds. The normalized spacial score (nSPS) is 12.2. The number of hydrogen-bond donors (Lipinski definition) is 0. The van der Waals surface area contributed by atoms with E-state index in [2.05, 4.69) is 18.2 Å². The second-order valence-electron chi connectivity index (χ2n) is 5.35. The molecule has 0 atom stereocenters. The molecule has 0 heterocycles. The van der Waals surface area contributed by atoms with Gasteiger partial charge in [0.25, 0.3) is 10.0 Å². The van der Waals surface area contributed by atoms with Crippen LogP contribution in [0.3, 0.4) is 0 Å². The van der Waals surface area contributed by atoms with E-state index in [1.54, 1.807) is 24.3 Å². The fourth-order valence-corrected chi connectivity index (χ4v) is 2.76. The SMILES string of the molecule is Cc1ccc(S(=O)(=O)/N=C/c2cccc(C(C)C)c2)cc1. The molecule has 0 N–H and O–H groups in total. The fourth-order valence-electron chi connectivity index (χ4n) is 1.90.